The Morgan fingerprint density at radius 2 is 2.17 bits per heavy atom. The molecule has 0 radical (unpaired) electrons. The molecular weight excluding hydrogens is 310 g/mol. The lowest BCUT2D eigenvalue weighted by molar-refractivity contribution is -0.138. The molecule has 3 aromatic rings. The summed E-state index contributed by atoms with van der Waals surface area (Å²) in [6.45, 7) is -0.0160. The van der Waals surface area contributed by atoms with Crippen LogP contribution < -0.4 is 5.32 Å². The first-order valence-electron chi connectivity index (χ1n) is 7.54. The van der Waals surface area contributed by atoms with Crippen LogP contribution in [0.2, 0.25) is 0 Å². The second kappa shape index (κ2) is 6.95. The van der Waals surface area contributed by atoms with Gasteiger partial charge in [0.2, 0.25) is 5.91 Å². The summed E-state index contributed by atoms with van der Waals surface area (Å²) in [5.74, 6) is -1.08. The molecule has 3 rings (SSSR count). The molecule has 0 atom stereocenters. The number of benzene rings is 1. The van der Waals surface area contributed by atoms with Gasteiger partial charge in [0.05, 0.1) is 12.7 Å². The van der Waals surface area contributed by atoms with Gasteiger partial charge in [-0.15, -0.1) is 5.10 Å². The van der Waals surface area contributed by atoms with Gasteiger partial charge in [0, 0.05) is 18.1 Å². The van der Waals surface area contributed by atoms with Crippen molar-refractivity contribution in [1.82, 2.24) is 25.3 Å². The molecule has 0 saturated carbocycles. The standard InChI is InChI=1S/C16H17N5O3/c22-15(18-8-13-9-21(20-19-13)10-16(23)24)4-2-11-1-3-14-12(7-11)5-6-17-14/h1,3,5-7,9,17H,2,4,8,10H2,(H,18,22)(H,23,24). The van der Waals surface area contributed by atoms with Crippen molar-refractivity contribution in [2.45, 2.75) is 25.9 Å². The SMILES string of the molecule is O=C(O)Cn1cc(CNC(=O)CCc2ccc3[nH]ccc3c2)nn1. The predicted molar refractivity (Wildman–Crippen MR) is 86.1 cm³/mol. The Balaban J connectivity index is 1.47. The largest absolute Gasteiger partial charge is 0.480 e. The predicted octanol–water partition coefficient (Wildman–Crippen LogP) is 1.09. The molecule has 8 nitrogen and oxygen atoms in total. The van der Waals surface area contributed by atoms with Gasteiger partial charge in [-0.2, -0.15) is 0 Å². The van der Waals surface area contributed by atoms with Crippen molar-refractivity contribution >= 4 is 22.8 Å². The highest BCUT2D eigenvalue weighted by atomic mass is 16.4. The van der Waals surface area contributed by atoms with Gasteiger partial charge in [-0.1, -0.05) is 11.3 Å². The summed E-state index contributed by atoms with van der Waals surface area (Å²) in [5.41, 5.74) is 2.70. The number of aromatic amines is 1. The quantitative estimate of drug-likeness (QED) is 0.601. The molecule has 2 heterocycles. The fourth-order valence-corrected chi connectivity index (χ4v) is 2.43. The smallest absolute Gasteiger partial charge is 0.325 e. The van der Waals surface area contributed by atoms with E-state index in [1.54, 1.807) is 0 Å². The Hall–Kier alpha value is -3.16. The van der Waals surface area contributed by atoms with Crippen LogP contribution in [0.25, 0.3) is 10.9 Å². The molecule has 0 saturated heterocycles. The molecule has 2 aromatic heterocycles. The van der Waals surface area contributed by atoms with Crippen molar-refractivity contribution in [3.8, 4) is 0 Å². The number of carboxylic acids is 1. The summed E-state index contributed by atoms with van der Waals surface area (Å²) in [7, 11) is 0. The van der Waals surface area contributed by atoms with E-state index in [0.29, 0.717) is 18.5 Å². The normalized spacial score (nSPS) is 10.8. The van der Waals surface area contributed by atoms with E-state index in [1.165, 1.54) is 10.9 Å². The maximum atomic E-state index is 11.9. The molecule has 124 valence electrons. The van der Waals surface area contributed by atoms with Crippen LogP contribution >= 0.6 is 0 Å². The number of aliphatic carboxylic acids is 1. The third-order valence-electron chi connectivity index (χ3n) is 3.61. The minimum Gasteiger partial charge on any atom is -0.480 e. The van der Waals surface area contributed by atoms with Crippen molar-refractivity contribution in [2.75, 3.05) is 0 Å². The maximum Gasteiger partial charge on any atom is 0.325 e. The Morgan fingerprint density at radius 3 is 3.00 bits per heavy atom. The highest BCUT2D eigenvalue weighted by molar-refractivity contribution is 5.80. The minimum absolute atomic E-state index is 0.0862. The van der Waals surface area contributed by atoms with E-state index < -0.39 is 5.97 Å². The summed E-state index contributed by atoms with van der Waals surface area (Å²) in [6, 6.07) is 8.07. The third kappa shape index (κ3) is 3.97. The van der Waals surface area contributed by atoms with E-state index in [2.05, 4.69) is 26.7 Å². The van der Waals surface area contributed by atoms with Gasteiger partial charge >= 0.3 is 5.97 Å². The molecule has 0 aliphatic carbocycles. The molecule has 24 heavy (non-hydrogen) atoms. The zero-order valence-electron chi connectivity index (χ0n) is 12.9. The lowest BCUT2D eigenvalue weighted by atomic mass is 10.1. The van der Waals surface area contributed by atoms with Crippen molar-refractivity contribution in [3.05, 3.63) is 47.9 Å². The number of rotatable bonds is 7. The number of nitrogens with zero attached hydrogens (tertiary/aromatic N) is 3. The molecule has 8 heteroatoms. The van der Waals surface area contributed by atoms with Crippen LogP contribution in [0.3, 0.4) is 0 Å². The molecule has 1 aromatic carbocycles. The van der Waals surface area contributed by atoms with Gasteiger partial charge < -0.3 is 15.4 Å². The van der Waals surface area contributed by atoms with Gasteiger partial charge in [0.1, 0.15) is 12.2 Å². The maximum absolute atomic E-state index is 11.9. The van der Waals surface area contributed by atoms with E-state index >= 15 is 0 Å². The second-order valence-electron chi connectivity index (χ2n) is 5.48. The fourth-order valence-electron chi connectivity index (χ4n) is 2.43. The lowest BCUT2D eigenvalue weighted by Gasteiger charge is -2.04. The lowest BCUT2D eigenvalue weighted by Crippen LogP contribution is -2.23. The number of carbonyl (C=O) groups excluding carboxylic acids is 1. The summed E-state index contributed by atoms with van der Waals surface area (Å²) in [4.78, 5) is 25.6. The Bertz CT molecular complexity index is 867. The summed E-state index contributed by atoms with van der Waals surface area (Å²) in [5, 5.41) is 20.1. The molecule has 0 aliphatic heterocycles. The number of hydrogen-bond donors (Lipinski definition) is 3. The fraction of sp³-hybridized carbons (Fsp3) is 0.250. The van der Waals surface area contributed by atoms with Gasteiger partial charge in [-0.3, -0.25) is 9.59 Å². The molecular formula is C16H17N5O3. The summed E-state index contributed by atoms with van der Waals surface area (Å²) >= 11 is 0. The Labute approximate surface area is 137 Å². The number of nitrogens with one attached hydrogen (secondary N) is 2. The zero-order chi connectivity index (χ0) is 16.9. The second-order valence-corrected chi connectivity index (χ2v) is 5.48. The van der Waals surface area contributed by atoms with E-state index in [4.69, 9.17) is 5.11 Å². The molecule has 3 N–H and O–H groups in total. The third-order valence-corrected chi connectivity index (χ3v) is 3.61. The Kier molecular flexibility index (Phi) is 4.55. The molecule has 0 bridgehead atoms. The molecule has 1 amide bonds. The highest BCUT2D eigenvalue weighted by Crippen LogP contribution is 2.15. The first-order valence-corrected chi connectivity index (χ1v) is 7.54. The van der Waals surface area contributed by atoms with Crippen molar-refractivity contribution in [1.29, 1.82) is 0 Å². The number of carboxylic acid groups (broad SMARTS) is 1. The van der Waals surface area contributed by atoms with Crippen LogP contribution in [0.15, 0.2) is 36.7 Å². The number of carbonyl (C=O) groups is 2. The number of aromatic nitrogens is 4. The van der Waals surface area contributed by atoms with Crippen molar-refractivity contribution < 1.29 is 14.7 Å². The van der Waals surface area contributed by atoms with E-state index in [-0.39, 0.29) is 19.0 Å². The number of fused-ring (bicyclic) bond motifs is 1. The van der Waals surface area contributed by atoms with Crippen molar-refractivity contribution in [2.24, 2.45) is 0 Å². The van der Waals surface area contributed by atoms with E-state index in [9.17, 15) is 9.59 Å². The number of hydrogen-bond acceptors (Lipinski definition) is 4. The van der Waals surface area contributed by atoms with Gasteiger partial charge in [0.15, 0.2) is 0 Å². The van der Waals surface area contributed by atoms with Gasteiger partial charge in [0.25, 0.3) is 0 Å². The first kappa shape index (κ1) is 15.7. The number of amides is 1. The van der Waals surface area contributed by atoms with E-state index in [1.807, 2.05) is 24.4 Å². The summed E-state index contributed by atoms with van der Waals surface area (Å²) in [6.07, 6.45) is 4.42. The average molecular weight is 327 g/mol. The molecule has 0 aliphatic rings. The summed E-state index contributed by atoms with van der Waals surface area (Å²) < 4.78 is 1.22. The average Bonchev–Trinajstić information content (AvgIpc) is 3.18. The van der Waals surface area contributed by atoms with Crippen LogP contribution in [0, 0.1) is 0 Å². The van der Waals surface area contributed by atoms with Crippen LogP contribution in [-0.2, 0) is 29.1 Å². The van der Waals surface area contributed by atoms with Crippen LogP contribution in [-0.4, -0.2) is 37.0 Å². The van der Waals surface area contributed by atoms with Gasteiger partial charge in [-0.25, -0.2) is 4.68 Å². The van der Waals surface area contributed by atoms with Gasteiger partial charge in [-0.05, 0) is 35.6 Å². The van der Waals surface area contributed by atoms with Crippen LogP contribution in [0.5, 0.6) is 0 Å². The van der Waals surface area contributed by atoms with Crippen LogP contribution in [0.1, 0.15) is 17.7 Å². The molecule has 0 fully saturated rings. The van der Waals surface area contributed by atoms with E-state index in [0.717, 1.165) is 16.5 Å². The Morgan fingerprint density at radius 1 is 1.29 bits per heavy atom. The molecule has 0 unspecified atom stereocenters. The zero-order valence-corrected chi connectivity index (χ0v) is 12.9. The number of aryl methyl sites for hydroxylation is 1. The number of H-pyrrole nitrogens is 1. The van der Waals surface area contributed by atoms with Crippen molar-refractivity contribution in [3.63, 3.8) is 0 Å². The topological polar surface area (TPSA) is 113 Å². The monoisotopic (exact) mass is 327 g/mol. The van der Waals surface area contributed by atoms with Crippen LogP contribution in [0.4, 0.5) is 0 Å². The molecule has 0 spiro atoms. The minimum atomic E-state index is -0.991. The highest BCUT2D eigenvalue weighted by Gasteiger charge is 2.07. The first-order chi connectivity index (χ1) is 11.6.